The van der Waals surface area contributed by atoms with Crippen LogP contribution in [0.4, 0.5) is 0 Å². The van der Waals surface area contributed by atoms with Gasteiger partial charge in [-0.1, -0.05) is 44.0 Å². The maximum Gasteiger partial charge on any atom is 0.191 e. The molecule has 0 radical (unpaired) electrons. The Kier molecular flexibility index (Phi) is 7.72. The molecule has 1 atom stereocenters. The first-order valence-electron chi connectivity index (χ1n) is 10.3. The molecule has 1 N–H and O–H groups in total. The van der Waals surface area contributed by atoms with E-state index < -0.39 is 13.9 Å². The van der Waals surface area contributed by atoms with E-state index in [1.807, 2.05) is 26.0 Å². The number of hydrogen-bond acceptors (Lipinski definition) is 3. The lowest BCUT2D eigenvalue weighted by Crippen LogP contribution is -2.47. The van der Waals surface area contributed by atoms with Crippen molar-refractivity contribution in [3.05, 3.63) is 33.8 Å². The summed E-state index contributed by atoms with van der Waals surface area (Å²) in [6.07, 6.45) is 2.16. The van der Waals surface area contributed by atoms with E-state index in [9.17, 15) is 5.11 Å². The van der Waals surface area contributed by atoms with Crippen molar-refractivity contribution in [1.82, 2.24) is 4.90 Å². The fourth-order valence-corrected chi connectivity index (χ4v) is 5.35. The van der Waals surface area contributed by atoms with E-state index >= 15 is 0 Å². The molecule has 1 saturated heterocycles. The van der Waals surface area contributed by atoms with Crippen molar-refractivity contribution in [2.24, 2.45) is 5.92 Å². The molecule has 1 fully saturated rings. The standard InChI is InChI=1S/C22H37Cl2NO2Si/c1-21(2,3)28(6,7)27-15-16-8-10-25(11-9-16)20(22(4,5)26)17-12-18(23)14-19(24)13-17/h12-14,16,20,26H,8-11,15H2,1-7H3. The third kappa shape index (κ3) is 6.20. The molecule has 2 rings (SSSR count). The van der Waals surface area contributed by atoms with Crippen LogP contribution in [0.1, 0.15) is 59.1 Å². The zero-order valence-corrected chi connectivity index (χ0v) is 21.0. The van der Waals surface area contributed by atoms with Crippen LogP contribution in [0.3, 0.4) is 0 Å². The summed E-state index contributed by atoms with van der Waals surface area (Å²) in [6, 6.07) is 5.44. The SMILES string of the molecule is CC(C)(O)C(c1cc(Cl)cc(Cl)c1)N1CCC(CO[Si](C)(C)C(C)(C)C)CC1. The van der Waals surface area contributed by atoms with Gasteiger partial charge in [-0.3, -0.25) is 4.90 Å². The van der Waals surface area contributed by atoms with Crippen LogP contribution in [0.25, 0.3) is 0 Å². The van der Waals surface area contributed by atoms with Gasteiger partial charge in [-0.2, -0.15) is 0 Å². The van der Waals surface area contributed by atoms with Crippen molar-refractivity contribution in [3.63, 3.8) is 0 Å². The van der Waals surface area contributed by atoms with Crippen LogP contribution in [0, 0.1) is 5.92 Å². The van der Waals surface area contributed by atoms with Crippen LogP contribution >= 0.6 is 23.2 Å². The van der Waals surface area contributed by atoms with Crippen LogP contribution in [0.2, 0.25) is 28.2 Å². The summed E-state index contributed by atoms with van der Waals surface area (Å²) in [5.74, 6) is 0.579. The van der Waals surface area contributed by atoms with E-state index in [-0.39, 0.29) is 11.1 Å². The topological polar surface area (TPSA) is 32.7 Å². The number of nitrogens with zero attached hydrogens (tertiary/aromatic N) is 1. The highest BCUT2D eigenvalue weighted by atomic mass is 35.5. The van der Waals surface area contributed by atoms with E-state index in [1.54, 1.807) is 6.07 Å². The fourth-order valence-electron chi connectivity index (χ4n) is 3.72. The first-order valence-corrected chi connectivity index (χ1v) is 13.9. The Morgan fingerprint density at radius 2 is 1.57 bits per heavy atom. The minimum atomic E-state index is -1.71. The molecule has 1 aliphatic heterocycles. The largest absolute Gasteiger partial charge is 0.417 e. The highest BCUT2D eigenvalue weighted by Crippen LogP contribution is 2.39. The minimum absolute atomic E-state index is 0.133. The Balaban J connectivity index is 2.05. The van der Waals surface area contributed by atoms with Gasteiger partial charge in [0.1, 0.15) is 0 Å². The highest BCUT2D eigenvalue weighted by molar-refractivity contribution is 6.74. The van der Waals surface area contributed by atoms with E-state index in [1.165, 1.54) is 0 Å². The molecule has 0 bridgehead atoms. The lowest BCUT2D eigenvalue weighted by Gasteiger charge is -2.44. The minimum Gasteiger partial charge on any atom is -0.417 e. The van der Waals surface area contributed by atoms with Gasteiger partial charge in [-0.25, -0.2) is 0 Å². The quantitative estimate of drug-likeness (QED) is 0.504. The third-order valence-corrected chi connectivity index (χ3v) is 11.3. The van der Waals surface area contributed by atoms with Gasteiger partial charge in [0.15, 0.2) is 8.32 Å². The molecule has 6 heteroatoms. The molecule has 3 nitrogen and oxygen atoms in total. The van der Waals surface area contributed by atoms with Crippen LogP contribution in [0.15, 0.2) is 18.2 Å². The summed E-state index contributed by atoms with van der Waals surface area (Å²) in [7, 11) is -1.71. The maximum absolute atomic E-state index is 10.9. The van der Waals surface area contributed by atoms with Gasteiger partial charge >= 0.3 is 0 Å². The first-order chi connectivity index (χ1) is 12.7. The summed E-state index contributed by atoms with van der Waals surface area (Å²) < 4.78 is 6.45. The zero-order chi connectivity index (χ0) is 21.3. The van der Waals surface area contributed by atoms with E-state index in [0.717, 1.165) is 38.1 Å². The number of likely N-dealkylation sites (tertiary alicyclic amines) is 1. The van der Waals surface area contributed by atoms with Gasteiger partial charge in [0.05, 0.1) is 11.6 Å². The number of halogens is 2. The second-order valence-corrected chi connectivity index (χ2v) is 16.0. The van der Waals surface area contributed by atoms with Crippen molar-refractivity contribution in [2.75, 3.05) is 19.7 Å². The molecular formula is C22H37Cl2NO2Si. The predicted octanol–water partition coefficient (Wildman–Crippen LogP) is 6.54. The Hall–Kier alpha value is -0.103. The Morgan fingerprint density at radius 3 is 2.00 bits per heavy atom. The van der Waals surface area contributed by atoms with E-state index in [0.29, 0.717) is 16.0 Å². The van der Waals surface area contributed by atoms with Gasteiger partial charge in [-0.15, -0.1) is 0 Å². The van der Waals surface area contributed by atoms with Crippen LogP contribution in [-0.2, 0) is 4.43 Å². The summed E-state index contributed by atoms with van der Waals surface area (Å²) >= 11 is 12.5. The lowest BCUT2D eigenvalue weighted by molar-refractivity contribution is -0.0355. The van der Waals surface area contributed by atoms with Gasteiger partial charge in [0.25, 0.3) is 0 Å². The summed E-state index contributed by atoms with van der Waals surface area (Å²) in [5, 5.41) is 12.3. The Labute approximate surface area is 182 Å². The molecule has 1 aromatic carbocycles. The third-order valence-electron chi connectivity index (χ3n) is 6.37. The second-order valence-electron chi connectivity index (χ2n) is 10.3. The highest BCUT2D eigenvalue weighted by Gasteiger charge is 2.39. The molecule has 0 spiro atoms. The molecule has 160 valence electrons. The van der Waals surface area contributed by atoms with Crippen LogP contribution < -0.4 is 0 Å². The normalized spacial score (nSPS) is 19.1. The molecule has 1 aromatic rings. The average molecular weight is 447 g/mol. The van der Waals surface area contributed by atoms with Gasteiger partial charge in [0.2, 0.25) is 0 Å². The summed E-state index contributed by atoms with van der Waals surface area (Å²) in [5.41, 5.74) is 0.0827. The molecular weight excluding hydrogens is 409 g/mol. The smallest absolute Gasteiger partial charge is 0.191 e. The van der Waals surface area contributed by atoms with Crippen molar-refractivity contribution >= 4 is 31.5 Å². The number of benzene rings is 1. The number of aliphatic hydroxyl groups is 1. The number of piperidine rings is 1. The van der Waals surface area contributed by atoms with Gasteiger partial charge in [-0.05, 0) is 87.6 Å². The monoisotopic (exact) mass is 445 g/mol. The molecule has 0 saturated carbocycles. The number of rotatable bonds is 6. The molecule has 0 aromatic heterocycles. The van der Waals surface area contributed by atoms with Crippen LogP contribution in [0.5, 0.6) is 0 Å². The number of hydrogen-bond donors (Lipinski definition) is 1. The second kappa shape index (κ2) is 8.95. The molecule has 0 aliphatic carbocycles. The predicted molar refractivity (Wildman–Crippen MR) is 123 cm³/mol. The molecule has 0 amide bonds. The van der Waals surface area contributed by atoms with Crippen molar-refractivity contribution in [2.45, 2.75) is 77.2 Å². The molecule has 1 aliphatic rings. The van der Waals surface area contributed by atoms with Crippen molar-refractivity contribution in [1.29, 1.82) is 0 Å². The first kappa shape index (κ1) is 24.2. The van der Waals surface area contributed by atoms with Gasteiger partial charge < -0.3 is 9.53 Å². The maximum atomic E-state index is 10.9. The average Bonchev–Trinajstić information content (AvgIpc) is 2.51. The fraction of sp³-hybridized carbons (Fsp3) is 0.727. The van der Waals surface area contributed by atoms with E-state index in [4.69, 9.17) is 27.6 Å². The van der Waals surface area contributed by atoms with Gasteiger partial charge in [0, 0.05) is 16.7 Å². The lowest BCUT2D eigenvalue weighted by atomic mass is 9.87. The van der Waals surface area contributed by atoms with Crippen molar-refractivity contribution < 1.29 is 9.53 Å². The van der Waals surface area contributed by atoms with Crippen molar-refractivity contribution in [3.8, 4) is 0 Å². The molecule has 1 unspecified atom stereocenters. The summed E-state index contributed by atoms with van der Waals surface area (Å²) in [6.45, 7) is 17.9. The molecule has 1 heterocycles. The van der Waals surface area contributed by atoms with Crippen LogP contribution in [-0.4, -0.2) is 43.6 Å². The summed E-state index contributed by atoms with van der Waals surface area (Å²) in [4.78, 5) is 2.37. The Morgan fingerprint density at radius 1 is 1.07 bits per heavy atom. The molecule has 28 heavy (non-hydrogen) atoms. The van der Waals surface area contributed by atoms with E-state index in [2.05, 4.69) is 38.8 Å². The Bertz CT molecular complexity index is 639. The zero-order valence-electron chi connectivity index (χ0n) is 18.5.